The largest absolute Gasteiger partial charge is 0.743 e. The van der Waals surface area contributed by atoms with Crippen LogP contribution in [0.1, 0.15) is 31.7 Å². The van der Waals surface area contributed by atoms with E-state index in [2.05, 4.69) is 91.9 Å². The zero-order chi connectivity index (χ0) is 29.5. The van der Waals surface area contributed by atoms with E-state index in [0.29, 0.717) is 0 Å². The van der Waals surface area contributed by atoms with Gasteiger partial charge in [-0.2, -0.15) is 26.3 Å². The van der Waals surface area contributed by atoms with E-state index in [1.165, 1.54) is 27.2 Å². The second-order valence-electron chi connectivity index (χ2n) is 8.52. The molecule has 0 N–H and O–H groups in total. The third-order valence-electron chi connectivity index (χ3n) is 5.52. The Balaban J connectivity index is 0.000000274. The average molecular weight is 597 g/mol. The van der Waals surface area contributed by atoms with Crippen LogP contribution in [-0.4, -0.2) is 36.2 Å². The summed E-state index contributed by atoms with van der Waals surface area (Å²) in [5, 5.41) is -6.61. The first-order valence-corrected chi connectivity index (χ1v) is 14.3. The highest BCUT2D eigenvalue weighted by Gasteiger charge is 2.77. The summed E-state index contributed by atoms with van der Waals surface area (Å²) in [6.07, 6.45) is -5.05. The summed E-state index contributed by atoms with van der Waals surface area (Å²) in [6.45, 7) is 3.53. The summed E-state index contributed by atoms with van der Waals surface area (Å²) in [6, 6.07) is 30.4. The Morgan fingerprint density at radius 3 is 1.56 bits per heavy atom. The van der Waals surface area contributed by atoms with Crippen LogP contribution in [0.15, 0.2) is 99.6 Å². The summed E-state index contributed by atoms with van der Waals surface area (Å²) in [7, 11) is -7.10. The van der Waals surface area contributed by atoms with E-state index in [-0.39, 0.29) is 23.7 Å². The van der Waals surface area contributed by atoms with Gasteiger partial charge in [-0.1, -0.05) is 73.9 Å². The van der Waals surface area contributed by atoms with E-state index >= 15 is 0 Å². The first-order chi connectivity index (χ1) is 18.1. The Morgan fingerprint density at radius 1 is 0.769 bits per heavy atom. The molecule has 0 aliphatic carbocycles. The standard InChI is InChI=1S/C19H17S.C8H11F7O3S/c1-16-12-14-19(15-13-16)20(17-8-4-2-5-9-17)18-10-6-3-7-11-18;1-2-3-4-5(9)6(10,11)7(12,13)8(14,15)19(16,17)18/h2-15H,1H3;5H,2-4H2,1H3,(H,16,17,18)/q+1;/p-1. The molecule has 0 amide bonds. The highest BCUT2D eigenvalue weighted by Crippen LogP contribution is 2.50. The number of halogens is 7. The normalized spacial score (nSPS) is 13.5. The number of alkyl halides is 7. The van der Waals surface area contributed by atoms with Crippen LogP contribution in [-0.2, 0) is 21.0 Å². The quantitative estimate of drug-likeness (QED) is 0.135. The molecule has 0 aromatic heterocycles. The van der Waals surface area contributed by atoms with E-state index in [4.69, 9.17) is 0 Å². The molecule has 0 heterocycles. The molecule has 3 aromatic carbocycles. The minimum atomic E-state index is -7.08. The lowest BCUT2D eigenvalue weighted by Crippen LogP contribution is -2.61. The van der Waals surface area contributed by atoms with Gasteiger partial charge in [0.1, 0.15) is 0 Å². The van der Waals surface area contributed by atoms with Crippen molar-refractivity contribution < 1.29 is 43.7 Å². The summed E-state index contributed by atoms with van der Waals surface area (Å²) in [4.78, 5) is 4.10. The van der Waals surface area contributed by atoms with Gasteiger partial charge in [0.2, 0.25) is 0 Å². The van der Waals surface area contributed by atoms with Gasteiger partial charge in [0.05, 0.1) is 10.9 Å². The third-order valence-corrected chi connectivity index (χ3v) is 8.63. The molecule has 0 aliphatic heterocycles. The molecular formula is C27H27F7O3S2. The number of aryl methyl sites for hydroxylation is 1. The van der Waals surface area contributed by atoms with Gasteiger partial charge in [-0.15, -0.1) is 0 Å². The first-order valence-electron chi connectivity index (χ1n) is 11.7. The molecule has 3 aromatic rings. The van der Waals surface area contributed by atoms with Crippen LogP contribution < -0.4 is 0 Å². The lowest BCUT2D eigenvalue weighted by atomic mass is 10.0. The Hall–Kier alpha value is -2.57. The lowest BCUT2D eigenvalue weighted by molar-refractivity contribution is -0.300. The molecule has 0 radical (unpaired) electrons. The van der Waals surface area contributed by atoms with Crippen molar-refractivity contribution in [3.05, 3.63) is 90.5 Å². The zero-order valence-corrected chi connectivity index (χ0v) is 22.6. The third kappa shape index (κ3) is 7.55. The summed E-state index contributed by atoms with van der Waals surface area (Å²) in [5.74, 6) is -12.6. The van der Waals surface area contributed by atoms with Crippen LogP contribution >= 0.6 is 0 Å². The molecule has 0 saturated carbocycles. The van der Waals surface area contributed by atoms with Crippen molar-refractivity contribution in [2.75, 3.05) is 0 Å². The second kappa shape index (κ2) is 13.2. The molecule has 0 bridgehead atoms. The molecule has 0 saturated heterocycles. The number of rotatable bonds is 10. The fraction of sp³-hybridized carbons (Fsp3) is 0.333. The SMILES string of the molecule is CCCCC(F)C(F)(F)C(F)(F)C(F)(F)S(=O)(=O)[O-].Cc1ccc([S+](c2ccccc2)c2ccccc2)cc1. The second-order valence-corrected chi connectivity index (χ2v) is 12.0. The molecule has 12 heteroatoms. The van der Waals surface area contributed by atoms with Gasteiger partial charge in [-0.25, -0.2) is 12.8 Å². The van der Waals surface area contributed by atoms with Gasteiger partial charge < -0.3 is 4.55 Å². The van der Waals surface area contributed by atoms with Gasteiger partial charge in [0.15, 0.2) is 31.0 Å². The van der Waals surface area contributed by atoms with E-state index in [1.54, 1.807) is 0 Å². The summed E-state index contributed by atoms with van der Waals surface area (Å²) < 4.78 is 119. The van der Waals surface area contributed by atoms with Gasteiger partial charge >= 0.3 is 17.1 Å². The molecule has 3 rings (SSSR count). The minimum absolute atomic E-state index is 0.0229. The molecule has 1 unspecified atom stereocenters. The van der Waals surface area contributed by atoms with Gasteiger partial charge in [0.25, 0.3) is 0 Å². The maximum atomic E-state index is 12.9. The minimum Gasteiger partial charge on any atom is -0.743 e. The topological polar surface area (TPSA) is 57.2 Å². The Bertz CT molecular complexity index is 1230. The average Bonchev–Trinajstić information content (AvgIpc) is 2.89. The zero-order valence-electron chi connectivity index (χ0n) is 21.0. The van der Waals surface area contributed by atoms with Crippen molar-refractivity contribution in [3.8, 4) is 0 Å². The van der Waals surface area contributed by atoms with E-state index in [0.717, 1.165) is 0 Å². The number of unbranched alkanes of at least 4 members (excludes halogenated alkanes) is 1. The number of hydrogen-bond acceptors (Lipinski definition) is 3. The molecule has 0 fully saturated rings. The van der Waals surface area contributed by atoms with E-state index in [9.17, 15) is 43.7 Å². The van der Waals surface area contributed by atoms with Crippen LogP contribution in [0.3, 0.4) is 0 Å². The molecule has 0 spiro atoms. The monoisotopic (exact) mass is 596 g/mol. The highest BCUT2D eigenvalue weighted by molar-refractivity contribution is 7.97. The van der Waals surface area contributed by atoms with Crippen molar-refractivity contribution in [3.63, 3.8) is 0 Å². The van der Waals surface area contributed by atoms with Crippen molar-refractivity contribution in [2.24, 2.45) is 0 Å². The molecule has 39 heavy (non-hydrogen) atoms. The van der Waals surface area contributed by atoms with Gasteiger partial charge in [-0.3, -0.25) is 0 Å². The van der Waals surface area contributed by atoms with E-state index < -0.39 is 39.8 Å². The predicted molar refractivity (Wildman–Crippen MR) is 135 cm³/mol. The molecule has 214 valence electrons. The number of benzene rings is 3. The van der Waals surface area contributed by atoms with Gasteiger partial charge in [0, 0.05) is 0 Å². The first kappa shape index (κ1) is 32.6. The molecule has 1 atom stereocenters. The van der Waals surface area contributed by atoms with Crippen LogP contribution in [0, 0.1) is 6.92 Å². The Kier molecular flexibility index (Phi) is 11.0. The Labute approximate surface area is 226 Å². The molecule has 3 nitrogen and oxygen atoms in total. The predicted octanol–water partition coefficient (Wildman–Crippen LogP) is 8.01. The van der Waals surface area contributed by atoms with Crippen LogP contribution in [0.4, 0.5) is 30.7 Å². The smallest absolute Gasteiger partial charge is 0.402 e. The summed E-state index contributed by atoms with van der Waals surface area (Å²) in [5.41, 5.74) is 1.30. The van der Waals surface area contributed by atoms with Crippen LogP contribution in [0.2, 0.25) is 0 Å². The fourth-order valence-corrected chi connectivity index (χ4v) is 5.84. The van der Waals surface area contributed by atoms with Crippen molar-refractivity contribution in [2.45, 2.75) is 71.1 Å². The van der Waals surface area contributed by atoms with Crippen molar-refractivity contribution in [1.29, 1.82) is 0 Å². The molecule has 0 aliphatic rings. The van der Waals surface area contributed by atoms with Gasteiger partial charge in [-0.05, 0) is 49.7 Å². The van der Waals surface area contributed by atoms with E-state index in [1.807, 2.05) is 0 Å². The molecular weight excluding hydrogens is 569 g/mol. The fourth-order valence-electron chi connectivity index (χ4n) is 3.31. The lowest BCUT2D eigenvalue weighted by Gasteiger charge is -2.35. The maximum Gasteiger partial charge on any atom is 0.402 e. The maximum absolute atomic E-state index is 12.9. The highest BCUT2D eigenvalue weighted by atomic mass is 32.2. The summed E-state index contributed by atoms with van der Waals surface area (Å²) >= 11 is 0. The van der Waals surface area contributed by atoms with Crippen LogP contribution in [0.5, 0.6) is 0 Å². The van der Waals surface area contributed by atoms with Crippen molar-refractivity contribution in [1.82, 2.24) is 0 Å². The number of hydrogen-bond donors (Lipinski definition) is 0. The Morgan fingerprint density at radius 2 is 1.18 bits per heavy atom. The van der Waals surface area contributed by atoms with Crippen molar-refractivity contribution >= 4 is 21.0 Å². The van der Waals surface area contributed by atoms with Crippen LogP contribution in [0.25, 0.3) is 0 Å².